The molecule has 0 unspecified atom stereocenters. The molecule has 0 spiro atoms. The third-order valence-corrected chi connectivity index (χ3v) is 6.13. The molecule has 0 aromatic heterocycles. The summed E-state index contributed by atoms with van der Waals surface area (Å²) in [6.07, 6.45) is 1.82. The van der Waals surface area contributed by atoms with Crippen LogP contribution in [0.2, 0.25) is 5.02 Å². The largest absolute Gasteiger partial charge is 0.350 e. The quantitative estimate of drug-likeness (QED) is 0.686. The maximum absolute atomic E-state index is 12.3. The molecule has 5 nitrogen and oxygen atoms in total. The van der Waals surface area contributed by atoms with Crippen LogP contribution in [0.25, 0.3) is 0 Å². The molecule has 0 heterocycles. The number of anilines is 1. The topological polar surface area (TPSA) is 66.5 Å². The molecule has 0 aliphatic carbocycles. The van der Waals surface area contributed by atoms with Gasteiger partial charge in [0.25, 0.3) is 0 Å². The van der Waals surface area contributed by atoms with Crippen molar-refractivity contribution in [1.82, 2.24) is 5.32 Å². The van der Waals surface area contributed by atoms with Crippen LogP contribution in [-0.2, 0) is 14.8 Å². The van der Waals surface area contributed by atoms with Gasteiger partial charge in [-0.3, -0.25) is 9.10 Å². The zero-order chi connectivity index (χ0) is 20.9. The van der Waals surface area contributed by atoms with Gasteiger partial charge >= 0.3 is 0 Å². The van der Waals surface area contributed by atoms with E-state index < -0.39 is 10.0 Å². The molecule has 1 atom stereocenters. The molecule has 0 radical (unpaired) electrons. The fourth-order valence-electron chi connectivity index (χ4n) is 2.91. The highest BCUT2D eigenvalue weighted by molar-refractivity contribution is 7.92. The summed E-state index contributed by atoms with van der Waals surface area (Å²) in [6, 6.07) is 12.6. The third-order valence-electron chi connectivity index (χ3n) is 4.69. The van der Waals surface area contributed by atoms with Crippen molar-refractivity contribution in [2.45, 2.75) is 39.7 Å². The molecule has 2 aromatic rings. The van der Waals surface area contributed by atoms with E-state index in [0.29, 0.717) is 17.1 Å². The third kappa shape index (κ3) is 6.24. The number of benzene rings is 2. The number of hydrogen-bond acceptors (Lipinski definition) is 3. The fourth-order valence-corrected chi connectivity index (χ4v) is 4.00. The average molecular weight is 423 g/mol. The molecule has 0 saturated heterocycles. The summed E-state index contributed by atoms with van der Waals surface area (Å²) < 4.78 is 25.5. The van der Waals surface area contributed by atoms with Crippen LogP contribution < -0.4 is 9.62 Å². The first kappa shape index (κ1) is 22.2. The molecular formula is C21H27ClN2O3S. The Labute approximate surface area is 172 Å². The first-order valence-corrected chi connectivity index (χ1v) is 11.4. The smallest absolute Gasteiger partial charge is 0.232 e. The van der Waals surface area contributed by atoms with E-state index in [1.165, 1.54) is 15.4 Å². The van der Waals surface area contributed by atoms with Crippen molar-refractivity contribution in [3.63, 3.8) is 0 Å². The van der Waals surface area contributed by atoms with Gasteiger partial charge in [0.1, 0.15) is 0 Å². The molecule has 0 aliphatic rings. The Morgan fingerprint density at radius 3 is 2.32 bits per heavy atom. The lowest BCUT2D eigenvalue weighted by molar-refractivity contribution is -0.121. The van der Waals surface area contributed by atoms with E-state index in [2.05, 4.69) is 18.3 Å². The van der Waals surface area contributed by atoms with Crippen molar-refractivity contribution in [3.05, 3.63) is 64.2 Å². The van der Waals surface area contributed by atoms with Gasteiger partial charge in [0.15, 0.2) is 0 Å². The van der Waals surface area contributed by atoms with Crippen LogP contribution in [-0.4, -0.2) is 27.1 Å². The van der Waals surface area contributed by atoms with Crippen LogP contribution in [0.1, 0.15) is 42.5 Å². The first-order valence-electron chi connectivity index (χ1n) is 9.17. The Kier molecular flexibility index (Phi) is 7.49. The summed E-state index contributed by atoms with van der Waals surface area (Å²) in [5, 5.41) is 3.52. The summed E-state index contributed by atoms with van der Waals surface area (Å²) in [4.78, 5) is 12.3. The second kappa shape index (κ2) is 9.43. The van der Waals surface area contributed by atoms with Gasteiger partial charge in [-0.1, -0.05) is 29.8 Å². The summed E-state index contributed by atoms with van der Waals surface area (Å²) >= 11 is 5.87. The van der Waals surface area contributed by atoms with Crippen LogP contribution >= 0.6 is 11.6 Å². The summed E-state index contributed by atoms with van der Waals surface area (Å²) in [6.45, 7) is 6.27. The predicted molar refractivity (Wildman–Crippen MR) is 115 cm³/mol. The summed E-state index contributed by atoms with van der Waals surface area (Å²) in [7, 11) is -3.45. The van der Waals surface area contributed by atoms with Gasteiger partial charge in [-0.25, -0.2) is 8.42 Å². The Hall–Kier alpha value is -2.05. The maximum atomic E-state index is 12.3. The van der Waals surface area contributed by atoms with E-state index in [9.17, 15) is 13.2 Å². The van der Waals surface area contributed by atoms with Gasteiger partial charge in [-0.2, -0.15) is 0 Å². The maximum Gasteiger partial charge on any atom is 0.232 e. The van der Waals surface area contributed by atoms with E-state index in [0.717, 1.165) is 11.8 Å². The number of nitrogens with zero attached hydrogens (tertiary/aromatic N) is 1. The summed E-state index contributed by atoms with van der Waals surface area (Å²) in [5.74, 6) is -0.102. The minimum absolute atomic E-state index is 0.102. The second-order valence-electron chi connectivity index (χ2n) is 7.05. The number of amides is 1. The summed E-state index contributed by atoms with van der Waals surface area (Å²) in [5.41, 5.74) is 3.99. The predicted octanol–water partition coefficient (Wildman–Crippen LogP) is 4.38. The number of halogens is 1. The van der Waals surface area contributed by atoms with Crippen LogP contribution in [0.4, 0.5) is 5.69 Å². The molecule has 152 valence electrons. The molecule has 1 amide bonds. The Morgan fingerprint density at radius 1 is 1.11 bits per heavy atom. The van der Waals surface area contributed by atoms with Crippen LogP contribution in [0.5, 0.6) is 0 Å². The molecule has 1 N–H and O–H groups in total. The zero-order valence-electron chi connectivity index (χ0n) is 16.7. The van der Waals surface area contributed by atoms with Gasteiger partial charge < -0.3 is 5.32 Å². The van der Waals surface area contributed by atoms with Gasteiger partial charge in [0, 0.05) is 18.0 Å². The highest BCUT2D eigenvalue weighted by Crippen LogP contribution is 2.21. The van der Waals surface area contributed by atoms with Crippen molar-refractivity contribution in [2.24, 2.45) is 0 Å². The molecule has 0 fully saturated rings. The number of nitrogens with one attached hydrogen (secondary N) is 1. The van der Waals surface area contributed by atoms with Crippen molar-refractivity contribution >= 4 is 33.2 Å². The molecule has 2 aromatic carbocycles. The van der Waals surface area contributed by atoms with Gasteiger partial charge in [-0.15, -0.1) is 0 Å². The van der Waals surface area contributed by atoms with Crippen LogP contribution in [0, 0.1) is 13.8 Å². The van der Waals surface area contributed by atoms with Gasteiger partial charge in [0.2, 0.25) is 15.9 Å². The number of carbonyl (C=O) groups excluding carboxylic acids is 1. The average Bonchev–Trinajstić information content (AvgIpc) is 2.61. The van der Waals surface area contributed by atoms with Crippen molar-refractivity contribution in [2.75, 3.05) is 17.1 Å². The Bertz CT molecular complexity index is 927. The number of rotatable bonds is 8. The van der Waals surface area contributed by atoms with E-state index in [4.69, 9.17) is 11.6 Å². The lowest BCUT2D eigenvalue weighted by Gasteiger charge is -2.22. The molecule has 0 saturated carbocycles. The Morgan fingerprint density at radius 2 is 1.75 bits per heavy atom. The molecule has 0 bridgehead atoms. The van der Waals surface area contributed by atoms with Crippen molar-refractivity contribution < 1.29 is 13.2 Å². The van der Waals surface area contributed by atoms with Crippen molar-refractivity contribution in [1.29, 1.82) is 0 Å². The number of aryl methyl sites for hydroxylation is 2. The van der Waals surface area contributed by atoms with E-state index in [-0.39, 0.29) is 24.9 Å². The van der Waals surface area contributed by atoms with E-state index in [1.54, 1.807) is 24.3 Å². The van der Waals surface area contributed by atoms with Crippen LogP contribution in [0.3, 0.4) is 0 Å². The van der Waals surface area contributed by atoms with Gasteiger partial charge in [-0.05, 0) is 68.1 Å². The molecule has 0 aliphatic heterocycles. The van der Waals surface area contributed by atoms with Crippen LogP contribution in [0.15, 0.2) is 42.5 Å². The highest BCUT2D eigenvalue weighted by atomic mass is 35.5. The highest BCUT2D eigenvalue weighted by Gasteiger charge is 2.18. The molecule has 2 rings (SSSR count). The number of sulfonamides is 1. The van der Waals surface area contributed by atoms with Crippen molar-refractivity contribution in [3.8, 4) is 0 Å². The lowest BCUT2D eigenvalue weighted by Crippen LogP contribution is -2.32. The van der Waals surface area contributed by atoms with E-state index in [1.807, 2.05) is 26.0 Å². The molecule has 28 heavy (non-hydrogen) atoms. The number of hydrogen-bond donors (Lipinski definition) is 1. The Balaban J connectivity index is 1.93. The zero-order valence-corrected chi connectivity index (χ0v) is 18.3. The fraction of sp³-hybridized carbons (Fsp3) is 0.381. The standard InChI is InChI=1S/C21H27ClN2O3S/c1-15-7-8-18(14-16(15)2)17(3)23-21(25)6-5-13-24(28(4,26)27)20-11-9-19(22)10-12-20/h7-12,14,17H,5-6,13H2,1-4H3,(H,23,25)/t17-/m1/s1. The lowest BCUT2D eigenvalue weighted by atomic mass is 10.0. The van der Waals surface area contributed by atoms with E-state index >= 15 is 0 Å². The van der Waals surface area contributed by atoms with Gasteiger partial charge in [0.05, 0.1) is 18.0 Å². The molecule has 7 heteroatoms. The monoisotopic (exact) mass is 422 g/mol. The minimum Gasteiger partial charge on any atom is -0.350 e. The minimum atomic E-state index is -3.45. The number of carbonyl (C=O) groups is 1. The second-order valence-corrected chi connectivity index (χ2v) is 9.39. The SMILES string of the molecule is Cc1ccc([C@@H](C)NC(=O)CCCN(c2ccc(Cl)cc2)S(C)(=O)=O)cc1C. The first-order chi connectivity index (χ1) is 13.1. The normalized spacial score (nSPS) is 12.5. The molecular weight excluding hydrogens is 396 g/mol.